The van der Waals surface area contributed by atoms with E-state index in [2.05, 4.69) is 16.8 Å². The first-order valence-corrected chi connectivity index (χ1v) is 7.99. The Bertz CT molecular complexity index is 438. The number of hydrogen-bond acceptors (Lipinski definition) is 6. The van der Waals surface area contributed by atoms with Crippen molar-refractivity contribution >= 4 is 11.3 Å². The Labute approximate surface area is 123 Å². The van der Waals surface area contributed by atoms with Gasteiger partial charge in [-0.25, -0.2) is 0 Å². The van der Waals surface area contributed by atoms with Crippen molar-refractivity contribution in [1.82, 2.24) is 9.88 Å². The minimum atomic E-state index is -0.487. The van der Waals surface area contributed by atoms with Crippen LogP contribution in [0, 0.1) is 0 Å². The van der Waals surface area contributed by atoms with Crippen LogP contribution in [0.3, 0.4) is 0 Å². The summed E-state index contributed by atoms with van der Waals surface area (Å²) in [7, 11) is 0. The maximum absolute atomic E-state index is 5.92. The summed E-state index contributed by atoms with van der Waals surface area (Å²) in [6, 6.07) is 0.379. The van der Waals surface area contributed by atoms with Crippen LogP contribution in [0.15, 0.2) is 11.7 Å². The van der Waals surface area contributed by atoms with Gasteiger partial charge in [0, 0.05) is 30.2 Å². The lowest BCUT2D eigenvalue weighted by Gasteiger charge is -2.38. The maximum atomic E-state index is 5.92. The van der Waals surface area contributed by atoms with Crippen LogP contribution in [0.2, 0.25) is 0 Å². The largest absolute Gasteiger partial charge is 0.373 e. The van der Waals surface area contributed by atoms with Crippen LogP contribution < -0.4 is 0 Å². The molecule has 0 bridgehead atoms. The van der Waals surface area contributed by atoms with Gasteiger partial charge in [-0.2, -0.15) is 0 Å². The molecule has 2 aliphatic rings. The molecule has 0 radical (unpaired) electrons. The molecule has 112 valence electrons. The molecule has 0 spiro atoms. The SMILES string of the molecule is CC(c1cncs1)N1CCO[C@H]([C@@H]2COC(C)(C)O2)C1. The third-order valence-corrected chi connectivity index (χ3v) is 4.93. The van der Waals surface area contributed by atoms with Gasteiger partial charge < -0.3 is 14.2 Å². The third-order valence-electron chi connectivity index (χ3n) is 3.98. The minimum absolute atomic E-state index is 0.0291. The molecule has 3 atom stereocenters. The average Bonchev–Trinajstić information content (AvgIpc) is 3.07. The fraction of sp³-hybridized carbons (Fsp3) is 0.786. The maximum Gasteiger partial charge on any atom is 0.163 e. The van der Waals surface area contributed by atoms with Crippen LogP contribution in [0.4, 0.5) is 0 Å². The molecular weight excluding hydrogens is 276 g/mol. The van der Waals surface area contributed by atoms with Crippen LogP contribution in [0.5, 0.6) is 0 Å². The van der Waals surface area contributed by atoms with Crippen molar-refractivity contribution in [2.45, 2.75) is 44.8 Å². The Morgan fingerprint density at radius 1 is 1.45 bits per heavy atom. The van der Waals surface area contributed by atoms with E-state index in [9.17, 15) is 0 Å². The summed E-state index contributed by atoms with van der Waals surface area (Å²) in [5.74, 6) is -0.487. The number of ether oxygens (including phenoxy) is 3. The van der Waals surface area contributed by atoms with Gasteiger partial charge >= 0.3 is 0 Å². The predicted molar refractivity (Wildman–Crippen MR) is 76.7 cm³/mol. The summed E-state index contributed by atoms with van der Waals surface area (Å²) in [6.45, 7) is 9.32. The van der Waals surface area contributed by atoms with E-state index >= 15 is 0 Å². The molecule has 2 fully saturated rings. The first-order chi connectivity index (χ1) is 9.55. The van der Waals surface area contributed by atoms with E-state index in [1.165, 1.54) is 4.88 Å². The smallest absolute Gasteiger partial charge is 0.163 e. The van der Waals surface area contributed by atoms with E-state index in [1.807, 2.05) is 25.6 Å². The van der Waals surface area contributed by atoms with Gasteiger partial charge in [0.2, 0.25) is 0 Å². The lowest BCUT2D eigenvalue weighted by atomic mass is 10.1. The monoisotopic (exact) mass is 298 g/mol. The highest BCUT2D eigenvalue weighted by Gasteiger charge is 2.40. The first-order valence-electron chi connectivity index (χ1n) is 7.11. The number of morpholine rings is 1. The highest BCUT2D eigenvalue weighted by molar-refractivity contribution is 7.09. The van der Waals surface area contributed by atoms with Crippen LogP contribution in [0.1, 0.15) is 31.7 Å². The number of hydrogen-bond donors (Lipinski definition) is 0. The van der Waals surface area contributed by atoms with E-state index in [0.29, 0.717) is 12.6 Å². The van der Waals surface area contributed by atoms with Gasteiger partial charge in [-0.15, -0.1) is 11.3 Å². The quantitative estimate of drug-likeness (QED) is 0.854. The van der Waals surface area contributed by atoms with Crippen molar-refractivity contribution in [1.29, 1.82) is 0 Å². The topological polar surface area (TPSA) is 43.8 Å². The molecule has 20 heavy (non-hydrogen) atoms. The predicted octanol–water partition coefficient (Wildman–Crippen LogP) is 2.06. The fourth-order valence-corrected chi connectivity index (χ4v) is 3.49. The van der Waals surface area contributed by atoms with Crippen LogP contribution in [-0.4, -0.2) is 54.2 Å². The highest BCUT2D eigenvalue weighted by atomic mass is 32.1. The second-order valence-electron chi connectivity index (χ2n) is 5.85. The van der Waals surface area contributed by atoms with E-state index in [-0.39, 0.29) is 12.2 Å². The summed E-state index contributed by atoms with van der Waals surface area (Å²) in [6.07, 6.45) is 2.07. The minimum Gasteiger partial charge on any atom is -0.373 e. The average molecular weight is 298 g/mol. The molecule has 2 saturated heterocycles. The van der Waals surface area contributed by atoms with Gasteiger partial charge in [0.1, 0.15) is 6.10 Å². The zero-order valence-corrected chi connectivity index (χ0v) is 13.1. The molecule has 3 rings (SSSR count). The summed E-state index contributed by atoms with van der Waals surface area (Å²) in [4.78, 5) is 7.91. The number of aromatic nitrogens is 1. The Hall–Kier alpha value is -0.530. The number of rotatable bonds is 3. The molecule has 0 aliphatic carbocycles. The number of thiazole rings is 1. The van der Waals surface area contributed by atoms with Crippen LogP contribution in [-0.2, 0) is 14.2 Å². The molecule has 6 heteroatoms. The van der Waals surface area contributed by atoms with Gasteiger partial charge in [0.15, 0.2) is 5.79 Å². The Balaban J connectivity index is 1.62. The van der Waals surface area contributed by atoms with Crippen LogP contribution >= 0.6 is 11.3 Å². The number of nitrogens with zero attached hydrogens (tertiary/aromatic N) is 2. The molecular formula is C14H22N2O3S. The van der Waals surface area contributed by atoms with E-state index in [0.717, 1.165) is 19.7 Å². The molecule has 0 N–H and O–H groups in total. The molecule has 5 nitrogen and oxygen atoms in total. The van der Waals surface area contributed by atoms with E-state index in [4.69, 9.17) is 14.2 Å². The van der Waals surface area contributed by atoms with Crippen molar-refractivity contribution in [3.63, 3.8) is 0 Å². The molecule has 0 amide bonds. The van der Waals surface area contributed by atoms with Crippen molar-refractivity contribution < 1.29 is 14.2 Å². The van der Waals surface area contributed by atoms with Gasteiger partial charge in [0.05, 0.1) is 24.8 Å². The Morgan fingerprint density at radius 2 is 2.30 bits per heavy atom. The fourth-order valence-electron chi connectivity index (χ4n) is 2.78. The third kappa shape index (κ3) is 3.04. The normalized spacial score (nSPS) is 32.4. The Kier molecular flexibility index (Phi) is 4.10. The summed E-state index contributed by atoms with van der Waals surface area (Å²) < 4.78 is 17.5. The molecule has 2 aliphatic heterocycles. The summed E-state index contributed by atoms with van der Waals surface area (Å²) in [5, 5.41) is 0. The van der Waals surface area contributed by atoms with Gasteiger partial charge in [-0.05, 0) is 20.8 Å². The first kappa shape index (κ1) is 14.4. The second-order valence-corrected chi connectivity index (χ2v) is 6.77. The lowest BCUT2D eigenvalue weighted by molar-refractivity contribution is -0.166. The van der Waals surface area contributed by atoms with Gasteiger partial charge in [-0.1, -0.05) is 0 Å². The summed E-state index contributed by atoms with van der Waals surface area (Å²) >= 11 is 1.71. The van der Waals surface area contributed by atoms with E-state index < -0.39 is 5.79 Å². The molecule has 0 saturated carbocycles. The lowest BCUT2D eigenvalue weighted by Crippen LogP contribution is -2.49. The van der Waals surface area contributed by atoms with Gasteiger partial charge in [0.25, 0.3) is 0 Å². The molecule has 1 aromatic rings. The van der Waals surface area contributed by atoms with Crippen molar-refractivity contribution in [3.05, 3.63) is 16.6 Å². The second kappa shape index (κ2) is 5.69. The molecule has 0 aromatic carbocycles. The zero-order valence-electron chi connectivity index (χ0n) is 12.2. The van der Waals surface area contributed by atoms with Crippen molar-refractivity contribution in [2.75, 3.05) is 26.3 Å². The summed E-state index contributed by atoms with van der Waals surface area (Å²) in [5.41, 5.74) is 1.89. The standard InChI is InChI=1S/C14H22N2O3S/c1-10(13-6-15-9-20-13)16-4-5-17-11(7-16)12-8-18-14(2,3)19-12/h6,9-12H,4-5,7-8H2,1-3H3/t10?,11-,12-/m0/s1. The van der Waals surface area contributed by atoms with Crippen molar-refractivity contribution in [3.8, 4) is 0 Å². The highest BCUT2D eigenvalue weighted by Crippen LogP contribution is 2.30. The zero-order chi connectivity index (χ0) is 14.2. The van der Waals surface area contributed by atoms with Crippen LogP contribution in [0.25, 0.3) is 0 Å². The van der Waals surface area contributed by atoms with E-state index in [1.54, 1.807) is 11.3 Å². The van der Waals surface area contributed by atoms with Gasteiger partial charge in [-0.3, -0.25) is 9.88 Å². The molecule has 1 unspecified atom stereocenters. The molecule has 1 aromatic heterocycles. The van der Waals surface area contributed by atoms with Crippen molar-refractivity contribution in [2.24, 2.45) is 0 Å². The molecule has 3 heterocycles. The Morgan fingerprint density at radius 3 is 2.95 bits per heavy atom.